The Bertz CT molecular complexity index is 320. The average Bonchev–Trinajstić information content (AvgIpc) is 2.54. The van der Waals surface area contributed by atoms with Gasteiger partial charge in [-0.05, 0) is 29.0 Å². The molecule has 0 saturated carbocycles. The number of aliphatic hydroxyl groups excluding tert-OH is 1. The number of hydrogen-bond donors (Lipinski definition) is 1. The summed E-state index contributed by atoms with van der Waals surface area (Å²) >= 11 is 3.57. The summed E-state index contributed by atoms with van der Waals surface area (Å²) in [6, 6.07) is 2.07. The van der Waals surface area contributed by atoms with Crippen molar-refractivity contribution < 1.29 is 5.11 Å². The molecule has 0 aromatic carbocycles. The molecule has 2 atom stereocenters. The first kappa shape index (κ1) is 10.9. The Morgan fingerprint density at radius 1 is 1.85 bits per heavy atom. The lowest BCUT2D eigenvalue weighted by molar-refractivity contribution is 0.132. The lowest BCUT2D eigenvalue weighted by Crippen LogP contribution is -2.09. The molecule has 1 aromatic heterocycles. The molecule has 1 aromatic rings. The van der Waals surface area contributed by atoms with Gasteiger partial charge in [-0.15, -0.1) is 11.3 Å². The molecule has 0 fully saturated rings. The lowest BCUT2D eigenvalue weighted by atomic mass is 10.0. The van der Waals surface area contributed by atoms with E-state index in [-0.39, 0.29) is 5.92 Å². The van der Waals surface area contributed by atoms with Crippen LogP contribution in [0.3, 0.4) is 0 Å². The summed E-state index contributed by atoms with van der Waals surface area (Å²) in [5.41, 5.74) is 0. The first-order chi connectivity index (χ1) is 6.19. The highest BCUT2D eigenvalue weighted by Gasteiger charge is 2.21. The smallest absolute Gasteiger partial charge is 0.124 e. The molecule has 0 saturated heterocycles. The lowest BCUT2D eigenvalue weighted by Gasteiger charge is -2.11. The predicted octanol–water partition coefficient (Wildman–Crippen LogP) is 2.33. The number of nitrogens with zero attached hydrogens (tertiary/aromatic N) is 2. The van der Waals surface area contributed by atoms with Crippen LogP contribution in [0.2, 0.25) is 0 Å². The molecule has 70 valence electrons. The fraction of sp³-hybridized carbons (Fsp3) is 0.500. The second-order valence-corrected chi connectivity index (χ2v) is 5.55. The Balaban J connectivity index is 2.78. The van der Waals surface area contributed by atoms with Crippen molar-refractivity contribution in [1.29, 1.82) is 5.26 Å². The zero-order chi connectivity index (χ0) is 9.84. The molecule has 0 spiro atoms. The van der Waals surface area contributed by atoms with Crippen molar-refractivity contribution in [3.8, 4) is 6.07 Å². The third kappa shape index (κ3) is 2.62. The van der Waals surface area contributed by atoms with E-state index < -0.39 is 6.10 Å². The number of rotatable bonds is 3. The van der Waals surface area contributed by atoms with Crippen LogP contribution in [-0.2, 0) is 0 Å². The van der Waals surface area contributed by atoms with E-state index in [9.17, 15) is 5.11 Å². The number of nitriles is 1. The minimum atomic E-state index is -0.733. The monoisotopic (exact) mass is 308 g/mol. The maximum atomic E-state index is 9.72. The van der Waals surface area contributed by atoms with Crippen molar-refractivity contribution in [3.05, 3.63) is 14.1 Å². The van der Waals surface area contributed by atoms with Crippen LogP contribution in [0, 0.1) is 20.1 Å². The van der Waals surface area contributed by atoms with E-state index in [2.05, 4.69) is 33.6 Å². The van der Waals surface area contributed by atoms with Crippen LogP contribution >= 0.6 is 33.9 Å². The molecule has 13 heavy (non-hydrogen) atoms. The van der Waals surface area contributed by atoms with Crippen LogP contribution in [0.25, 0.3) is 0 Å². The normalized spacial score (nSPS) is 14.9. The summed E-state index contributed by atoms with van der Waals surface area (Å²) in [6.45, 7) is 1.88. The van der Waals surface area contributed by atoms with Gasteiger partial charge in [-0.3, -0.25) is 0 Å². The Hall–Kier alpha value is -0.190. The van der Waals surface area contributed by atoms with E-state index >= 15 is 0 Å². The second-order valence-electron chi connectivity index (χ2n) is 2.59. The van der Waals surface area contributed by atoms with Gasteiger partial charge in [0, 0.05) is 0 Å². The van der Waals surface area contributed by atoms with Gasteiger partial charge in [0.05, 0.1) is 21.1 Å². The molecule has 0 bridgehead atoms. The van der Waals surface area contributed by atoms with Gasteiger partial charge in [0.15, 0.2) is 0 Å². The van der Waals surface area contributed by atoms with Gasteiger partial charge in [-0.25, -0.2) is 4.98 Å². The van der Waals surface area contributed by atoms with Crippen molar-refractivity contribution in [2.45, 2.75) is 19.4 Å². The Morgan fingerprint density at radius 3 is 2.92 bits per heavy atom. The van der Waals surface area contributed by atoms with Crippen LogP contribution in [-0.4, -0.2) is 10.1 Å². The summed E-state index contributed by atoms with van der Waals surface area (Å²) in [5, 5.41) is 19.1. The summed E-state index contributed by atoms with van der Waals surface area (Å²) < 4.78 is 1.03. The first-order valence-electron chi connectivity index (χ1n) is 3.88. The molecule has 3 nitrogen and oxygen atoms in total. The molecule has 1 rings (SSSR count). The van der Waals surface area contributed by atoms with E-state index in [4.69, 9.17) is 5.26 Å². The molecule has 0 radical (unpaired) electrons. The van der Waals surface area contributed by atoms with E-state index in [1.807, 2.05) is 6.92 Å². The van der Waals surface area contributed by atoms with Gasteiger partial charge >= 0.3 is 0 Å². The number of hydrogen-bond acceptors (Lipinski definition) is 4. The number of aromatic nitrogens is 1. The van der Waals surface area contributed by atoms with Crippen molar-refractivity contribution >= 4 is 33.9 Å². The molecular formula is C8H9IN2OS. The standard InChI is InChI=1S/C8H9IN2OS/c1-2-5(3-10)7(12)8-11-4-6(9)13-8/h4-5,7,12H,2H2,1H3. The van der Waals surface area contributed by atoms with Crippen molar-refractivity contribution in [2.24, 2.45) is 5.92 Å². The van der Waals surface area contributed by atoms with Crippen molar-refractivity contribution in [1.82, 2.24) is 4.98 Å². The highest BCUT2D eigenvalue weighted by Crippen LogP contribution is 2.28. The fourth-order valence-corrected chi connectivity index (χ4v) is 2.47. The maximum Gasteiger partial charge on any atom is 0.124 e. The van der Waals surface area contributed by atoms with Crippen LogP contribution in [0.5, 0.6) is 0 Å². The van der Waals surface area contributed by atoms with Crippen LogP contribution in [0.4, 0.5) is 0 Å². The molecule has 1 N–H and O–H groups in total. The van der Waals surface area contributed by atoms with Crippen LogP contribution in [0.15, 0.2) is 6.20 Å². The van der Waals surface area contributed by atoms with Gasteiger partial charge in [0.2, 0.25) is 0 Å². The van der Waals surface area contributed by atoms with E-state index in [1.165, 1.54) is 11.3 Å². The molecule has 0 amide bonds. The highest BCUT2D eigenvalue weighted by atomic mass is 127. The SMILES string of the molecule is CCC(C#N)C(O)c1ncc(I)s1. The molecule has 0 aliphatic rings. The van der Waals surface area contributed by atoms with Crippen LogP contribution in [0.1, 0.15) is 24.5 Å². The van der Waals surface area contributed by atoms with E-state index in [0.29, 0.717) is 11.4 Å². The molecule has 0 aliphatic heterocycles. The highest BCUT2D eigenvalue weighted by molar-refractivity contribution is 14.1. The van der Waals surface area contributed by atoms with Gasteiger partial charge in [-0.2, -0.15) is 5.26 Å². The zero-order valence-electron chi connectivity index (χ0n) is 7.07. The minimum absolute atomic E-state index is 0.345. The average molecular weight is 308 g/mol. The van der Waals surface area contributed by atoms with E-state index in [1.54, 1.807) is 6.20 Å². The Morgan fingerprint density at radius 2 is 2.54 bits per heavy atom. The van der Waals surface area contributed by atoms with Gasteiger partial charge in [0.25, 0.3) is 0 Å². The predicted molar refractivity (Wildman–Crippen MR) is 59.2 cm³/mol. The molecular weight excluding hydrogens is 299 g/mol. The second kappa shape index (κ2) is 4.88. The largest absolute Gasteiger partial charge is 0.385 e. The zero-order valence-corrected chi connectivity index (χ0v) is 10.0. The molecule has 5 heteroatoms. The summed E-state index contributed by atoms with van der Waals surface area (Å²) in [6.07, 6.45) is 1.62. The topological polar surface area (TPSA) is 56.9 Å². The first-order valence-corrected chi connectivity index (χ1v) is 5.77. The molecule has 0 aliphatic carbocycles. The van der Waals surface area contributed by atoms with Gasteiger partial charge in [-0.1, -0.05) is 6.92 Å². The fourth-order valence-electron chi connectivity index (χ4n) is 0.961. The molecule has 2 unspecified atom stereocenters. The Kier molecular flexibility index (Phi) is 4.09. The van der Waals surface area contributed by atoms with E-state index in [0.717, 1.165) is 2.88 Å². The van der Waals surface area contributed by atoms with Gasteiger partial charge in [0.1, 0.15) is 11.1 Å². The number of aliphatic hydroxyl groups is 1. The summed E-state index contributed by atoms with van der Waals surface area (Å²) in [5.74, 6) is -0.345. The van der Waals surface area contributed by atoms with Crippen LogP contribution < -0.4 is 0 Å². The van der Waals surface area contributed by atoms with Gasteiger partial charge < -0.3 is 5.11 Å². The van der Waals surface area contributed by atoms with Crippen molar-refractivity contribution in [2.75, 3.05) is 0 Å². The van der Waals surface area contributed by atoms with Crippen molar-refractivity contribution in [3.63, 3.8) is 0 Å². The quantitative estimate of drug-likeness (QED) is 0.872. The third-order valence-electron chi connectivity index (χ3n) is 1.74. The number of halogens is 1. The third-order valence-corrected chi connectivity index (χ3v) is 3.53. The maximum absolute atomic E-state index is 9.72. The Labute approximate surface area is 94.6 Å². The summed E-state index contributed by atoms with van der Waals surface area (Å²) in [7, 11) is 0. The molecule has 1 heterocycles. The minimum Gasteiger partial charge on any atom is -0.385 e. The number of thiazole rings is 1. The summed E-state index contributed by atoms with van der Waals surface area (Å²) in [4.78, 5) is 4.04.